The van der Waals surface area contributed by atoms with Gasteiger partial charge in [0.1, 0.15) is 5.78 Å². The summed E-state index contributed by atoms with van der Waals surface area (Å²) < 4.78 is 5.16. The number of Topliss-reactive ketones (excluding diaryl/α,β-unsaturated/α-hetero) is 1. The highest BCUT2D eigenvalue weighted by molar-refractivity contribution is 7.80. The zero-order chi connectivity index (χ0) is 11.0. The molecule has 4 heteroatoms. The number of carbonyl (C=O) groups excluding carboxylic acids is 1. The summed E-state index contributed by atoms with van der Waals surface area (Å²) in [6.45, 7) is 9.94. The number of rotatable bonds is 1. The molecule has 1 heterocycles. The van der Waals surface area contributed by atoms with E-state index < -0.39 is 0 Å². The van der Waals surface area contributed by atoms with Gasteiger partial charge in [-0.1, -0.05) is 0 Å². The van der Waals surface area contributed by atoms with Gasteiger partial charge in [0.15, 0.2) is 0 Å². The predicted octanol–water partition coefficient (Wildman–Crippen LogP) is 1.77. The highest BCUT2D eigenvalue weighted by Crippen LogP contribution is 2.07. The predicted molar refractivity (Wildman–Crippen MR) is 61.3 cm³/mol. The first-order valence-electron chi connectivity index (χ1n) is 4.67. The zero-order valence-electron chi connectivity index (χ0n) is 8.62. The lowest BCUT2D eigenvalue weighted by Gasteiger charge is -2.27. The molecule has 0 aromatic rings. The zero-order valence-corrected chi connectivity index (χ0v) is 9.44. The molecule has 80 valence electrons. The molecule has 0 atom stereocenters. The number of thiocarbonyl (C=S) groups is 1. The molecule has 0 bridgehead atoms. The first kappa shape index (κ1) is 13.1. The summed E-state index contributed by atoms with van der Waals surface area (Å²) in [5, 5.41) is 0.532. The standard InChI is InChI=1S/C8H13NO2S.C2H4/c1-2-11-8(12)9-5-3-7(10)4-6-9;1-2/h2-6H2,1H3;1-2H2. The monoisotopic (exact) mass is 215 g/mol. The van der Waals surface area contributed by atoms with Crippen LogP contribution in [0.5, 0.6) is 0 Å². The van der Waals surface area contributed by atoms with E-state index in [1.165, 1.54) is 0 Å². The molecule has 1 aliphatic rings. The molecule has 0 unspecified atom stereocenters. The molecule has 0 amide bonds. The molecular weight excluding hydrogens is 198 g/mol. The van der Waals surface area contributed by atoms with E-state index in [4.69, 9.17) is 17.0 Å². The second kappa shape index (κ2) is 7.50. The smallest absolute Gasteiger partial charge is 0.259 e. The van der Waals surface area contributed by atoms with Gasteiger partial charge in [0.05, 0.1) is 6.61 Å². The van der Waals surface area contributed by atoms with E-state index in [1.54, 1.807) is 0 Å². The van der Waals surface area contributed by atoms with Crippen LogP contribution in [0.2, 0.25) is 0 Å². The van der Waals surface area contributed by atoms with Gasteiger partial charge in [0.25, 0.3) is 5.17 Å². The molecule has 0 radical (unpaired) electrons. The van der Waals surface area contributed by atoms with Gasteiger partial charge in [-0.15, -0.1) is 13.2 Å². The molecule has 1 saturated heterocycles. The molecule has 1 fully saturated rings. The summed E-state index contributed by atoms with van der Waals surface area (Å²) in [4.78, 5) is 12.8. The van der Waals surface area contributed by atoms with Crippen LogP contribution < -0.4 is 0 Å². The Hall–Kier alpha value is -0.900. The van der Waals surface area contributed by atoms with Crippen molar-refractivity contribution in [2.45, 2.75) is 19.8 Å². The van der Waals surface area contributed by atoms with Crippen molar-refractivity contribution >= 4 is 23.2 Å². The molecule has 0 N–H and O–H groups in total. The lowest BCUT2D eigenvalue weighted by atomic mass is 10.1. The number of piperidine rings is 1. The Labute approximate surface area is 90.7 Å². The van der Waals surface area contributed by atoms with Crippen molar-refractivity contribution in [3.05, 3.63) is 13.2 Å². The van der Waals surface area contributed by atoms with E-state index >= 15 is 0 Å². The Balaban J connectivity index is 0.000000791. The van der Waals surface area contributed by atoms with Crippen LogP contribution in [0.4, 0.5) is 0 Å². The van der Waals surface area contributed by atoms with E-state index in [1.807, 2.05) is 11.8 Å². The number of hydrogen-bond acceptors (Lipinski definition) is 3. The number of nitrogens with zero attached hydrogens (tertiary/aromatic N) is 1. The summed E-state index contributed by atoms with van der Waals surface area (Å²) in [6.07, 6.45) is 1.21. The quantitative estimate of drug-likeness (QED) is 0.492. The van der Waals surface area contributed by atoms with Gasteiger partial charge >= 0.3 is 0 Å². The third-order valence-electron chi connectivity index (χ3n) is 1.85. The van der Waals surface area contributed by atoms with Crippen LogP contribution in [0.15, 0.2) is 13.2 Å². The van der Waals surface area contributed by atoms with Crippen molar-refractivity contribution < 1.29 is 9.53 Å². The summed E-state index contributed by atoms with van der Waals surface area (Å²) in [5.74, 6) is 0.325. The molecule has 0 saturated carbocycles. The fourth-order valence-corrected chi connectivity index (χ4v) is 1.45. The van der Waals surface area contributed by atoms with Crippen molar-refractivity contribution in [2.75, 3.05) is 19.7 Å². The van der Waals surface area contributed by atoms with Gasteiger partial charge in [-0.05, 0) is 19.1 Å². The van der Waals surface area contributed by atoms with Crippen molar-refractivity contribution in [1.29, 1.82) is 0 Å². The third-order valence-corrected chi connectivity index (χ3v) is 2.22. The number of ketones is 1. The number of hydrogen-bond donors (Lipinski definition) is 0. The maximum absolute atomic E-state index is 10.9. The third kappa shape index (κ3) is 4.37. The Morgan fingerprint density at radius 1 is 1.50 bits per heavy atom. The van der Waals surface area contributed by atoms with E-state index in [9.17, 15) is 4.79 Å². The minimum absolute atomic E-state index is 0.325. The van der Waals surface area contributed by atoms with Crippen LogP contribution >= 0.6 is 12.2 Å². The van der Waals surface area contributed by atoms with Crippen LogP contribution in [0.25, 0.3) is 0 Å². The van der Waals surface area contributed by atoms with Gasteiger partial charge < -0.3 is 9.64 Å². The van der Waals surface area contributed by atoms with Crippen LogP contribution in [-0.4, -0.2) is 35.6 Å². The van der Waals surface area contributed by atoms with Crippen LogP contribution in [0.3, 0.4) is 0 Å². The summed E-state index contributed by atoms with van der Waals surface area (Å²) in [5.41, 5.74) is 0. The van der Waals surface area contributed by atoms with Crippen LogP contribution in [0.1, 0.15) is 19.8 Å². The minimum atomic E-state index is 0.325. The van der Waals surface area contributed by atoms with Crippen molar-refractivity contribution in [1.82, 2.24) is 4.90 Å². The van der Waals surface area contributed by atoms with Crippen LogP contribution in [-0.2, 0) is 9.53 Å². The highest BCUT2D eigenvalue weighted by Gasteiger charge is 2.18. The topological polar surface area (TPSA) is 29.5 Å². The first-order valence-corrected chi connectivity index (χ1v) is 5.08. The highest BCUT2D eigenvalue weighted by atomic mass is 32.1. The normalized spacial score (nSPS) is 15.5. The summed E-state index contributed by atoms with van der Waals surface area (Å²) in [6, 6.07) is 0. The molecule has 1 rings (SSSR count). The second-order valence-corrected chi connectivity index (χ2v) is 3.07. The average Bonchev–Trinajstić information content (AvgIpc) is 2.22. The van der Waals surface area contributed by atoms with Crippen molar-refractivity contribution in [3.63, 3.8) is 0 Å². The fraction of sp³-hybridized carbons (Fsp3) is 0.600. The Bertz CT molecular complexity index is 196. The molecule has 0 aromatic carbocycles. The Morgan fingerprint density at radius 3 is 2.43 bits per heavy atom. The lowest BCUT2D eigenvalue weighted by Crippen LogP contribution is -2.38. The minimum Gasteiger partial charge on any atom is -0.471 e. The lowest BCUT2D eigenvalue weighted by molar-refractivity contribution is -0.120. The fourth-order valence-electron chi connectivity index (χ4n) is 1.15. The van der Waals surface area contributed by atoms with Crippen LogP contribution in [0, 0.1) is 0 Å². The van der Waals surface area contributed by atoms with Gasteiger partial charge in [0.2, 0.25) is 0 Å². The molecule has 3 nitrogen and oxygen atoms in total. The number of carbonyl (C=O) groups is 1. The number of likely N-dealkylation sites (tertiary alicyclic amines) is 1. The molecule has 1 aliphatic heterocycles. The average molecular weight is 215 g/mol. The van der Waals surface area contributed by atoms with Crippen molar-refractivity contribution in [2.24, 2.45) is 0 Å². The van der Waals surface area contributed by atoms with Gasteiger partial charge in [-0.2, -0.15) is 0 Å². The van der Waals surface area contributed by atoms with Crippen molar-refractivity contribution in [3.8, 4) is 0 Å². The Kier molecular flexibility index (Phi) is 7.02. The number of ether oxygens (including phenoxy) is 1. The summed E-state index contributed by atoms with van der Waals surface area (Å²) in [7, 11) is 0. The van der Waals surface area contributed by atoms with E-state index in [2.05, 4.69) is 13.2 Å². The second-order valence-electron chi connectivity index (χ2n) is 2.72. The molecule has 14 heavy (non-hydrogen) atoms. The van der Waals surface area contributed by atoms with E-state index in [0.29, 0.717) is 30.4 Å². The van der Waals surface area contributed by atoms with Gasteiger partial charge in [-0.3, -0.25) is 4.79 Å². The summed E-state index contributed by atoms with van der Waals surface area (Å²) >= 11 is 5.00. The maximum Gasteiger partial charge on any atom is 0.259 e. The molecule has 0 aromatic heterocycles. The largest absolute Gasteiger partial charge is 0.471 e. The maximum atomic E-state index is 10.9. The first-order chi connectivity index (χ1) is 6.74. The van der Waals surface area contributed by atoms with E-state index in [-0.39, 0.29) is 0 Å². The Morgan fingerprint density at radius 2 is 2.00 bits per heavy atom. The van der Waals surface area contributed by atoms with E-state index in [0.717, 1.165) is 13.1 Å². The van der Waals surface area contributed by atoms with Gasteiger partial charge in [-0.25, -0.2) is 0 Å². The SMILES string of the molecule is C=C.CCOC(=S)N1CCC(=O)CC1. The van der Waals surface area contributed by atoms with Gasteiger partial charge in [0, 0.05) is 25.9 Å². The molecular formula is C10H17NO2S. The molecule has 0 aliphatic carbocycles. The molecule has 0 spiro atoms.